The van der Waals surface area contributed by atoms with Crippen molar-refractivity contribution in [2.75, 3.05) is 0 Å². The van der Waals surface area contributed by atoms with E-state index in [0.29, 0.717) is 17.6 Å². The molecule has 7 heteroatoms. The van der Waals surface area contributed by atoms with Crippen molar-refractivity contribution >= 4 is 11.6 Å². The molecule has 1 aromatic carbocycles. The standard InChI is InChI=1S/C12H9ClF4N2/c13-5-8-1-3-9(4-2-8)11-18-10(12(15,16)17)6-19(11)7-14/h1-4,6H,5,7H2. The topological polar surface area (TPSA) is 17.8 Å². The van der Waals surface area contributed by atoms with Crippen LogP contribution in [0.3, 0.4) is 0 Å². The zero-order valence-corrected chi connectivity index (χ0v) is 10.3. The van der Waals surface area contributed by atoms with Gasteiger partial charge in [0.15, 0.2) is 12.5 Å². The second-order valence-electron chi connectivity index (χ2n) is 3.87. The van der Waals surface area contributed by atoms with Crippen molar-refractivity contribution in [1.29, 1.82) is 0 Å². The lowest BCUT2D eigenvalue weighted by Gasteiger charge is -2.03. The second-order valence-corrected chi connectivity index (χ2v) is 4.13. The lowest BCUT2D eigenvalue weighted by molar-refractivity contribution is -0.140. The minimum absolute atomic E-state index is 0.0593. The maximum absolute atomic E-state index is 12.8. The summed E-state index contributed by atoms with van der Waals surface area (Å²) in [7, 11) is 0. The normalized spacial score (nSPS) is 11.8. The Morgan fingerprint density at radius 3 is 2.26 bits per heavy atom. The summed E-state index contributed by atoms with van der Waals surface area (Å²) in [6, 6.07) is 6.44. The maximum atomic E-state index is 12.8. The van der Waals surface area contributed by atoms with Gasteiger partial charge in [-0.3, -0.25) is 0 Å². The van der Waals surface area contributed by atoms with Gasteiger partial charge in [0.1, 0.15) is 5.82 Å². The van der Waals surface area contributed by atoms with E-state index in [1.807, 2.05) is 0 Å². The molecule has 1 heterocycles. The van der Waals surface area contributed by atoms with E-state index >= 15 is 0 Å². The highest BCUT2D eigenvalue weighted by molar-refractivity contribution is 6.17. The zero-order chi connectivity index (χ0) is 14.0. The molecule has 0 fully saturated rings. The average Bonchev–Trinajstić information content (AvgIpc) is 2.83. The fourth-order valence-corrected chi connectivity index (χ4v) is 1.80. The van der Waals surface area contributed by atoms with E-state index in [1.165, 1.54) is 0 Å². The van der Waals surface area contributed by atoms with Crippen LogP contribution in [0.25, 0.3) is 11.4 Å². The molecule has 0 aliphatic heterocycles. The van der Waals surface area contributed by atoms with Crippen LogP contribution in [0.5, 0.6) is 0 Å². The molecule has 1 aromatic heterocycles. The summed E-state index contributed by atoms with van der Waals surface area (Å²) in [5.74, 6) is 0.238. The summed E-state index contributed by atoms with van der Waals surface area (Å²) in [6.07, 6.45) is -3.93. The molecule has 19 heavy (non-hydrogen) atoms. The molecule has 2 rings (SSSR count). The van der Waals surface area contributed by atoms with Gasteiger partial charge < -0.3 is 4.57 Å². The largest absolute Gasteiger partial charge is 0.434 e. The molecule has 0 radical (unpaired) electrons. The molecule has 0 N–H and O–H groups in total. The zero-order valence-electron chi connectivity index (χ0n) is 9.59. The predicted octanol–water partition coefficient (Wildman–Crippen LogP) is 4.23. The van der Waals surface area contributed by atoms with Gasteiger partial charge in [0.25, 0.3) is 0 Å². The maximum Gasteiger partial charge on any atom is 0.434 e. The molecular weight excluding hydrogens is 284 g/mol. The number of hydrogen-bond donors (Lipinski definition) is 0. The molecule has 2 aromatic rings. The molecule has 0 amide bonds. The first-order chi connectivity index (χ1) is 8.95. The average molecular weight is 293 g/mol. The van der Waals surface area contributed by atoms with Crippen molar-refractivity contribution < 1.29 is 17.6 Å². The van der Waals surface area contributed by atoms with Gasteiger partial charge in [0.05, 0.1) is 0 Å². The van der Waals surface area contributed by atoms with E-state index < -0.39 is 18.7 Å². The predicted molar refractivity (Wildman–Crippen MR) is 63.3 cm³/mol. The van der Waals surface area contributed by atoms with Crippen molar-refractivity contribution in [3.63, 3.8) is 0 Å². The van der Waals surface area contributed by atoms with E-state index in [0.717, 1.165) is 10.1 Å². The van der Waals surface area contributed by atoms with Crippen LogP contribution in [-0.4, -0.2) is 9.55 Å². The van der Waals surface area contributed by atoms with Crippen molar-refractivity contribution in [2.24, 2.45) is 0 Å². The number of benzene rings is 1. The molecule has 0 atom stereocenters. The van der Waals surface area contributed by atoms with Crippen LogP contribution in [0, 0.1) is 0 Å². The minimum atomic E-state index is -4.59. The number of imidazole rings is 1. The third-order valence-corrected chi connectivity index (χ3v) is 2.87. The van der Waals surface area contributed by atoms with Gasteiger partial charge in [0.2, 0.25) is 0 Å². The summed E-state index contributed by atoms with van der Waals surface area (Å²) in [6.45, 7) is -1.07. The highest BCUT2D eigenvalue weighted by Gasteiger charge is 2.34. The molecule has 0 saturated carbocycles. The van der Waals surface area contributed by atoms with E-state index in [1.54, 1.807) is 24.3 Å². The van der Waals surface area contributed by atoms with Gasteiger partial charge in [-0.15, -0.1) is 11.6 Å². The molecule has 102 valence electrons. The molecule has 0 saturated heterocycles. The fraction of sp³-hybridized carbons (Fsp3) is 0.250. The Balaban J connectivity index is 2.45. The Hall–Kier alpha value is -1.56. The van der Waals surface area contributed by atoms with Crippen LogP contribution in [0.1, 0.15) is 11.3 Å². The van der Waals surface area contributed by atoms with E-state index in [2.05, 4.69) is 4.98 Å². The number of alkyl halides is 5. The Labute approximate surface area is 111 Å². The van der Waals surface area contributed by atoms with Crippen LogP contribution in [0.2, 0.25) is 0 Å². The van der Waals surface area contributed by atoms with Crippen LogP contribution in [0.15, 0.2) is 30.5 Å². The first kappa shape index (κ1) is 13.9. The lowest BCUT2D eigenvalue weighted by atomic mass is 10.1. The minimum Gasteiger partial charge on any atom is -0.302 e. The second kappa shape index (κ2) is 5.21. The van der Waals surface area contributed by atoms with E-state index in [4.69, 9.17) is 11.6 Å². The first-order valence-corrected chi connectivity index (χ1v) is 5.84. The molecule has 0 bridgehead atoms. The number of aromatic nitrogens is 2. The molecule has 2 nitrogen and oxygen atoms in total. The van der Waals surface area contributed by atoms with Crippen molar-refractivity contribution in [3.05, 3.63) is 41.7 Å². The molecule has 0 unspecified atom stereocenters. The number of nitrogens with zero attached hydrogens (tertiary/aromatic N) is 2. The lowest BCUT2D eigenvalue weighted by Crippen LogP contribution is -2.04. The van der Waals surface area contributed by atoms with Crippen LogP contribution < -0.4 is 0 Å². The van der Waals surface area contributed by atoms with Crippen molar-refractivity contribution in [2.45, 2.75) is 18.9 Å². The highest BCUT2D eigenvalue weighted by Crippen LogP contribution is 2.31. The summed E-state index contributed by atoms with van der Waals surface area (Å²) < 4.78 is 51.2. The summed E-state index contributed by atoms with van der Waals surface area (Å²) >= 11 is 5.62. The van der Waals surface area contributed by atoms with Gasteiger partial charge in [-0.05, 0) is 5.56 Å². The molecule has 0 spiro atoms. The SMILES string of the molecule is FCn1cc(C(F)(F)F)nc1-c1ccc(CCl)cc1. The third-order valence-electron chi connectivity index (χ3n) is 2.56. The van der Waals surface area contributed by atoms with E-state index in [-0.39, 0.29) is 5.82 Å². The van der Waals surface area contributed by atoms with Crippen LogP contribution in [0.4, 0.5) is 17.6 Å². The van der Waals surface area contributed by atoms with Gasteiger partial charge in [0, 0.05) is 17.6 Å². The molecular formula is C12H9ClF4N2. The Morgan fingerprint density at radius 1 is 1.16 bits per heavy atom. The third kappa shape index (κ3) is 2.89. The monoisotopic (exact) mass is 292 g/mol. The van der Waals surface area contributed by atoms with Gasteiger partial charge >= 0.3 is 6.18 Å². The molecule has 0 aliphatic rings. The smallest absolute Gasteiger partial charge is 0.302 e. The van der Waals surface area contributed by atoms with Crippen LogP contribution >= 0.6 is 11.6 Å². The van der Waals surface area contributed by atoms with Gasteiger partial charge in [-0.2, -0.15) is 13.2 Å². The Kier molecular flexibility index (Phi) is 3.80. The Morgan fingerprint density at radius 2 is 1.79 bits per heavy atom. The fourth-order valence-electron chi connectivity index (χ4n) is 1.62. The summed E-state index contributed by atoms with van der Waals surface area (Å²) in [5, 5.41) is 0. The van der Waals surface area contributed by atoms with E-state index in [9.17, 15) is 17.6 Å². The Bertz CT molecular complexity index is 560. The number of halogens is 5. The number of rotatable bonds is 3. The quantitative estimate of drug-likeness (QED) is 0.611. The summed E-state index contributed by atoms with van der Waals surface area (Å²) in [5.41, 5.74) is 0.114. The number of hydrogen-bond acceptors (Lipinski definition) is 1. The molecule has 0 aliphatic carbocycles. The first-order valence-electron chi connectivity index (χ1n) is 5.31. The van der Waals surface area contributed by atoms with Crippen LogP contribution in [-0.2, 0) is 18.9 Å². The van der Waals surface area contributed by atoms with Gasteiger partial charge in [-0.25, -0.2) is 9.37 Å². The summed E-state index contributed by atoms with van der Waals surface area (Å²) in [4.78, 5) is 3.44. The van der Waals surface area contributed by atoms with Crippen molar-refractivity contribution in [1.82, 2.24) is 9.55 Å². The van der Waals surface area contributed by atoms with Gasteiger partial charge in [-0.1, -0.05) is 24.3 Å². The highest BCUT2D eigenvalue weighted by atomic mass is 35.5. The van der Waals surface area contributed by atoms with Crippen molar-refractivity contribution in [3.8, 4) is 11.4 Å².